The normalized spacial score (nSPS) is 12.2. The second-order valence-corrected chi connectivity index (χ2v) is 6.87. The number of anilines is 1. The third-order valence-electron chi connectivity index (χ3n) is 4.35. The van der Waals surface area contributed by atoms with Crippen molar-refractivity contribution >= 4 is 11.7 Å². The molecule has 0 unspecified atom stereocenters. The molecule has 2 amide bonds. The molecule has 0 saturated heterocycles. The van der Waals surface area contributed by atoms with Gasteiger partial charge in [-0.15, -0.1) is 10.2 Å². The zero-order chi connectivity index (χ0) is 19.6. The average Bonchev–Trinajstić information content (AvgIpc) is 3.23. The first-order chi connectivity index (χ1) is 12.8. The number of carbonyl (C=O) groups excluding carboxylic acids is 1. The van der Waals surface area contributed by atoms with E-state index in [0.717, 1.165) is 17.0 Å². The Hall–Kier alpha value is -3.16. The first kappa shape index (κ1) is 18.6. The smallest absolute Gasteiger partial charge is 0.319 e. The molecule has 8 heteroatoms. The molecule has 0 aliphatic heterocycles. The molecule has 3 aromatic rings. The lowest BCUT2D eigenvalue weighted by Gasteiger charge is -2.22. The Labute approximate surface area is 158 Å². The number of nitrogens with zero attached hydrogens (tertiary/aromatic N) is 4. The van der Waals surface area contributed by atoms with Crippen LogP contribution < -0.4 is 10.6 Å². The van der Waals surface area contributed by atoms with Crippen LogP contribution in [-0.4, -0.2) is 25.8 Å². The van der Waals surface area contributed by atoms with E-state index in [0.29, 0.717) is 17.5 Å². The predicted molar refractivity (Wildman–Crippen MR) is 102 cm³/mol. The van der Waals surface area contributed by atoms with Gasteiger partial charge in [-0.2, -0.15) is 0 Å². The monoisotopic (exact) mass is 368 g/mol. The number of rotatable bonds is 5. The van der Waals surface area contributed by atoms with Crippen molar-refractivity contribution in [1.29, 1.82) is 0 Å². The van der Waals surface area contributed by atoms with Gasteiger partial charge in [-0.25, -0.2) is 9.78 Å². The molecule has 27 heavy (non-hydrogen) atoms. The zero-order valence-corrected chi connectivity index (χ0v) is 16.1. The van der Waals surface area contributed by atoms with Crippen molar-refractivity contribution in [2.24, 2.45) is 13.0 Å². The first-order valence-corrected chi connectivity index (χ1v) is 8.81. The molecule has 2 aromatic heterocycles. The van der Waals surface area contributed by atoms with Crippen molar-refractivity contribution in [3.63, 3.8) is 0 Å². The van der Waals surface area contributed by atoms with Crippen LogP contribution in [0.1, 0.15) is 37.2 Å². The number of amides is 2. The van der Waals surface area contributed by atoms with Crippen molar-refractivity contribution in [2.45, 2.75) is 33.7 Å². The molecule has 2 heterocycles. The molecule has 0 aliphatic rings. The largest absolute Gasteiger partial charge is 0.421 e. The molecule has 8 nitrogen and oxygen atoms in total. The van der Waals surface area contributed by atoms with Crippen LogP contribution in [0.5, 0.6) is 0 Å². The van der Waals surface area contributed by atoms with E-state index in [1.807, 2.05) is 56.8 Å². The van der Waals surface area contributed by atoms with E-state index in [1.165, 1.54) is 0 Å². The van der Waals surface area contributed by atoms with Gasteiger partial charge in [0.05, 0.1) is 6.04 Å². The lowest BCUT2D eigenvalue weighted by Crippen LogP contribution is -2.36. The number of nitrogens with one attached hydrogen (secondary N) is 2. The van der Waals surface area contributed by atoms with E-state index in [2.05, 4.69) is 25.8 Å². The Bertz CT molecular complexity index is 943. The highest BCUT2D eigenvalue weighted by molar-refractivity contribution is 5.91. The van der Waals surface area contributed by atoms with Crippen LogP contribution in [0.15, 0.2) is 35.0 Å². The second-order valence-electron chi connectivity index (χ2n) is 6.87. The number of aromatic nitrogens is 4. The Balaban J connectivity index is 1.78. The quantitative estimate of drug-likeness (QED) is 0.717. The molecule has 2 N–H and O–H groups in total. The van der Waals surface area contributed by atoms with Crippen molar-refractivity contribution < 1.29 is 9.21 Å². The molecule has 0 spiro atoms. The predicted octanol–water partition coefficient (Wildman–Crippen LogP) is 3.61. The molecular formula is C19H24N6O2. The number of aryl methyl sites for hydroxylation is 3. The molecule has 0 radical (unpaired) electrons. The summed E-state index contributed by atoms with van der Waals surface area (Å²) < 4.78 is 7.38. The summed E-state index contributed by atoms with van der Waals surface area (Å²) >= 11 is 0. The van der Waals surface area contributed by atoms with E-state index in [9.17, 15) is 4.79 Å². The molecular weight excluding hydrogens is 344 g/mol. The first-order valence-electron chi connectivity index (χ1n) is 8.81. The molecule has 0 bridgehead atoms. The van der Waals surface area contributed by atoms with Gasteiger partial charge in [0.1, 0.15) is 5.82 Å². The molecule has 1 aromatic carbocycles. The summed E-state index contributed by atoms with van der Waals surface area (Å²) in [6.45, 7) is 7.75. The average molecular weight is 368 g/mol. The Morgan fingerprint density at radius 1 is 1.22 bits per heavy atom. The van der Waals surface area contributed by atoms with Crippen LogP contribution in [0.2, 0.25) is 0 Å². The summed E-state index contributed by atoms with van der Waals surface area (Å²) in [4.78, 5) is 17.0. The lowest BCUT2D eigenvalue weighted by atomic mass is 10.0. The van der Waals surface area contributed by atoms with Crippen molar-refractivity contribution in [1.82, 2.24) is 25.1 Å². The number of urea groups is 1. The highest BCUT2D eigenvalue weighted by atomic mass is 16.4. The standard InChI is InChI=1S/C19H24N6O2/c1-11(2)16(17-20-8-9-25(17)5)22-19(26)21-15-10-14(7-6-12(15)3)18-24-23-13(4)27-18/h6-11,16H,1-5H3,(H2,21,22,26)/t16-/m1/s1. The number of hydrogen-bond acceptors (Lipinski definition) is 5. The van der Waals surface area contributed by atoms with Crippen LogP contribution in [0.25, 0.3) is 11.5 Å². The van der Waals surface area contributed by atoms with Crippen molar-refractivity contribution in [2.75, 3.05) is 5.32 Å². The molecule has 0 fully saturated rings. The minimum Gasteiger partial charge on any atom is -0.421 e. The molecule has 142 valence electrons. The summed E-state index contributed by atoms with van der Waals surface area (Å²) in [7, 11) is 1.91. The summed E-state index contributed by atoms with van der Waals surface area (Å²) in [6.07, 6.45) is 3.59. The van der Waals surface area contributed by atoms with E-state index >= 15 is 0 Å². The Morgan fingerprint density at radius 2 is 2.00 bits per heavy atom. The second kappa shape index (κ2) is 7.61. The van der Waals surface area contributed by atoms with Gasteiger partial charge in [0.15, 0.2) is 0 Å². The Kier molecular flexibility index (Phi) is 5.25. The SMILES string of the molecule is Cc1nnc(-c2ccc(C)c(NC(=O)N[C@@H](c3nccn3C)C(C)C)c2)o1. The lowest BCUT2D eigenvalue weighted by molar-refractivity contribution is 0.243. The van der Waals surface area contributed by atoms with Gasteiger partial charge in [0, 0.05) is 37.6 Å². The van der Waals surface area contributed by atoms with Gasteiger partial charge in [-0.05, 0) is 30.5 Å². The number of benzene rings is 1. The van der Waals surface area contributed by atoms with Crippen LogP contribution in [0, 0.1) is 19.8 Å². The number of imidazole rings is 1. The fourth-order valence-electron chi connectivity index (χ4n) is 2.81. The summed E-state index contributed by atoms with van der Waals surface area (Å²) in [5.74, 6) is 1.91. The van der Waals surface area contributed by atoms with Crippen LogP contribution in [0.3, 0.4) is 0 Å². The van der Waals surface area contributed by atoms with Crippen molar-refractivity contribution in [3.05, 3.63) is 47.9 Å². The van der Waals surface area contributed by atoms with Gasteiger partial charge >= 0.3 is 6.03 Å². The van der Waals surface area contributed by atoms with Crippen molar-refractivity contribution in [3.8, 4) is 11.5 Å². The van der Waals surface area contributed by atoms with Gasteiger partial charge in [0.25, 0.3) is 0 Å². The van der Waals surface area contributed by atoms with E-state index in [1.54, 1.807) is 13.1 Å². The fourth-order valence-corrected chi connectivity index (χ4v) is 2.81. The highest BCUT2D eigenvalue weighted by Gasteiger charge is 2.22. The number of hydrogen-bond donors (Lipinski definition) is 2. The van der Waals surface area contributed by atoms with E-state index in [4.69, 9.17) is 4.42 Å². The van der Waals surface area contributed by atoms with Gasteiger partial charge in [0.2, 0.25) is 11.8 Å². The van der Waals surface area contributed by atoms with Crippen LogP contribution in [-0.2, 0) is 7.05 Å². The summed E-state index contributed by atoms with van der Waals surface area (Å²) in [6, 6.07) is 5.12. The topological polar surface area (TPSA) is 97.9 Å². The maximum atomic E-state index is 12.6. The number of carbonyl (C=O) groups is 1. The molecule has 0 saturated carbocycles. The molecule has 0 aliphatic carbocycles. The van der Waals surface area contributed by atoms with Gasteiger partial charge in [-0.1, -0.05) is 19.9 Å². The van der Waals surface area contributed by atoms with E-state index in [-0.39, 0.29) is 18.0 Å². The maximum absolute atomic E-state index is 12.6. The van der Waals surface area contributed by atoms with Crippen LogP contribution >= 0.6 is 0 Å². The molecule has 1 atom stereocenters. The van der Waals surface area contributed by atoms with Gasteiger partial charge in [-0.3, -0.25) is 0 Å². The summed E-state index contributed by atoms with van der Waals surface area (Å²) in [5, 5.41) is 13.8. The Morgan fingerprint density at radius 3 is 2.59 bits per heavy atom. The third kappa shape index (κ3) is 4.16. The zero-order valence-electron chi connectivity index (χ0n) is 16.1. The van der Waals surface area contributed by atoms with E-state index < -0.39 is 0 Å². The summed E-state index contributed by atoms with van der Waals surface area (Å²) in [5.41, 5.74) is 2.37. The third-order valence-corrected chi connectivity index (χ3v) is 4.35. The minimum absolute atomic E-state index is 0.186. The van der Waals surface area contributed by atoms with Gasteiger partial charge < -0.3 is 19.6 Å². The minimum atomic E-state index is -0.293. The van der Waals surface area contributed by atoms with Crippen LogP contribution in [0.4, 0.5) is 10.5 Å². The molecule has 3 rings (SSSR count). The maximum Gasteiger partial charge on any atom is 0.319 e. The highest BCUT2D eigenvalue weighted by Crippen LogP contribution is 2.25. The fraction of sp³-hybridized carbons (Fsp3) is 0.368.